The lowest BCUT2D eigenvalue weighted by atomic mass is 10.0. The Kier molecular flexibility index (Phi) is 5.48. The zero-order valence-electron chi connectivity index (χ0n) is 17.4. The predicted molar refractivity (Wildman–Crippen MR) is 118 cm³/mol. The zero-order chi connectivity index (χ0) is 21.0. The molecule has 1 amide bonds. The molecule has 0 bridgehead atoms. The summed E-state index contributed by atoms with van der Waals surface area (Å²) in [5.41, 5.74) is 2.78. The van der Waals surface area contributed by atoms with E-state index in [4.69, 9.17) is 9.47 Å². The normalized spacial score (nSPS) is 17.9. The van der Waals surface area contributed by atoms with Gasteiger partial charge in [-0.15, -0.1) is 0 Å². The van der Waals surface area contributed by atoms with Gasteiger partial charge < -0.3 is 19.7 Å². The molecule has 0 aliphatic carbocycles. The minimum absolute atomic E-state index is 0.0352. The molecule has 2 aliphatic heterocycles. The van der Waals surface area contributed by atoms with Gasteiger partial charge in [0, 0.05) is 37.1 Å². The van der Waals surface area contributed by atoms with Crippen molar-refractivity contribution >= 4 is 11.6 Å². The van der Waals surface area contributed by atoms with Gasteiger partial charge in [-0.3, -0.25) is 9.48 Å². The van der Waals surface area contributed by atoms with Crippen LogP contribution in [0, 0.1) is 0 Å². The molecular formula is C24H26N4O3. The SMILES string of the molecule is O=C(c1cnn(Cc2ccccc2)c1)N1CCC[C@@H](Nc2ccc3c(c2)OCCO3)C1. The summed E-state index contributed by atoms with van der Waals surface area (Å²) in [5.74, 6) is 1.59. The van der Waals surface area contributed by atoms with Gasteiger partial charge in [0.15, 0.2) is 11.5 Å². The molecule has 3 heterocycles. The minimum Gasteiger partial charge on any atom is -0.486 e. The predicted octanol–water partition coefficient (Wildman–Crippen LogP) is 3.42. The standard InChI is InChI=1S/C24H26N4O3/c29-24(19-14-25-28(16-19)15-18-5-2-1-3-6-18)27-10-4-7-21(17-27)26-20-8-9-22-23(13-20)31-12-11-30-22/h1-3,5-6,8-9,13-14,16,21,26H,4,7,10-12,15,17H2/t21-/m1/s1. The van der Waals surface area contributed by atoms with E-state index in [2.05, 4.69) is 22.5 Å². The summed E-state index contributed by atoms with van der Waals surface area (Å²) in [6.07, 6.45) is 5.49. The van der Waals surface area contributed by atoms with Crippen LogP contribution in [0.2, 0.25) is 0 Å². The van der Waals surface area contributed by atoms with Gasteiger partial charge in [-0.05, 0) is 30.5 Å². The molecule has 31 heavy (non-hydrogen) atoms. The molecule has 1 aromatic heterocycles. The Morgan fingerprint density at radius 2 is 1.94 bits per heavy atom. The third-order valence-electron chi connectivity index (χ3n) is 5.69. The third-order valence-corrected chi connectivity index (χ3v) is 5.69. The lowest BCUT2D eigenvalue weighted by Crippen LogP contribution is -2.45. The van der Waals surface area contributed by atoms with E-state index in [1.165, 1.54) is 0 Å². The molecule has 0 spiro atoms. The van der Waals surface area contributed by atoms with E-state index < -0.39 is 0 Å². The van der Waals surface area contributed by atoms with Crippen molar-refractivity contribution < 1.29 is 14.3 Å². The van der Waals surface area contributed by atoms with Crippen LogP contribution >= 0.6 is 0 Å². The van der Waals surface area contributed by atoms with Gasteiger partial charge in [-0.1, -0.05) is 30.3 Å². The Labute approximate surface area is 181 Å². The highest BCUT2D eigenvalue weighted by Gasteiger charge is 2.25. The Morgan fingerprint density at radius 1 is 1.10 bits per heavy atom. The molecule has 1 saturated heterocycles. The molecular weight excluding hydrogens is 392 g/mol. The van der Waals surface area contributed by atoms with Crippen LogP contribution in [0.15, 0.2) is 60.9 Å². The quantitative estimate of drug-likeness (QED) is 0.688. The number of anilines is 1. The minimum atomic E-state index is 0.0352. The molecule has 2 aromatic carbocycles. The summed E-state index contributed by atoms with van der Waals surface area (Å²) in [6, 6.07) is 16.2. The zero-order valence-corrected chi connectivity index (χ0v) is 17.4. The molecule has 0 unspecified atom stereocenters. The highest BCUT2D eigenvalue weighted by Crippen LogP contribution is 2.33. The number of piperidine rings is 1. The fraction of sp³-hybridized carbons (Fsp3) is 0.333. The number of carbonyl (C=O) groups excluding carboxylic acids is 1. The molecule has 1 N–H and O–H groups in total. The van der Waals surface area contributed by atoms with Crippen molar-refractivity contribution in [2.45, 2.75) is 25.4 Å². The van der Waals surface area contributed by atoms with Crippen molar-refractivity contribution in [2.24, 2.45) is 0 Å². The molecule has 1 atom stereocenters. The molecule has 3 aromatic rings. The number of nitrogens with one attached hydrogen (secondary N) is 1. The number of rotatable bonds is 5. The van der Waals surface area contributed by atoms with Gasteiger partial charge in [-0.25, -0.2) is 0 Å². The van der Waals surface area contributed by atoms with Crippen molar-refractivity contribution in [3.05, 3.63) is 72.1 Å². The number of hydrogen-bond donors (Lipinski definition) is 1. The van der Waals surface area contributed by atoms with Crippen LogP contribution in [0.5, 0.6) is 11.5 Å². The summed E-state index contributed by atoms with van der Waals surface area (Å²) in [4.78, 5) is 15.0. The van der Waals surface area contributed by atoms with Crippen LogP contribution < -0.4 is 14.8 Å². The first-order valence-corrected chi connectivity index (χ1v) is 10.8. The maximum absolute atomic E-state index is 13.1. The molecule has 0 radical (unpaired) electrons. The number of likely N-dealkylation sites (tertiary alicyclic amines) is 1. The topological polar surface area (TPSA) is 68.6 Å². The van der Waals surface area contributed by atoms with Crippen LogP contribution in [-0.2, 0) is 6.54 Å². The van der Waals surface area contributed by atoms with Gasteiger partial charge in [0.05, 0.1) is 18.3 Å². The van der Waals surface area contributed by atoms with Crippen LogP contribution in [0.1, 0.15) is 28.8 Å². The van der Waals surface area contributed by atoms with Crippen molar-refractivity contribution in [1.29, 1.82) is 0 Å². The number of nitrogens with zero attached hydrogens (tertiary/aromatic N) is 3. The van der Waals surface area contributed by atoms with Gasteiger partial charge in [0.2, 0.25) is 0 Å². The molecule has 160 valence electrons. The lowest BCUT2D eigenvalue weighted by molar-refractivity contribution is 0.0714. The summed E-state index contributed by atoms with van der Waals surface area (Å²) in [6.45, 7) is 3.24. The largest absolute Gasteiger partial charge is 0.486 e. The van der Waals surface area contributed by atoms with E-state index in [-0.39, 0.29) is 11.9 Å². The van der Waals surface area contributed by atoms with Gasteiger partial charge in [0.1, 0.15) is 13.2 Å². The molecule has 7 heteroatoms. The van der Waals surface area contributed by atoms with Gasteiger partial charge in [0.25, 0.3) is 5.91 Å². The fourth-order valence-electron chi connectivity index (χ4n) is 4.16. The Bertz CT molecular complexity index is 1050. The average Bonchev–Trinajstić information content (AvgIpc) is 3.28. The maximum Gasteiger partial charge on any atom is 0.257 e. The summed E-state index contributed by atoms with van der Waals surface area (Å²) in [7, 11) is 0. The van der Waals surface area contributed by atoms with Crippen molar-refractivity contribution in [1.82, 2.24) is 14.7 Å². The first-order chi connectivity index (χ1) is 15.2. The summed E-state index contributed by atoms with van der Waals surface area (Å²) >= 11 is 0. The average molecular weight is 418 g/mol. The summed E-state index contributed by atoms with van der Waals surface area (Å²) in [5, 5.41) is 7.94. The fourth-order valence-corrected chi connectivity index (χ4v) is 4.16. The van der Waals surface area contributed by atoms with Crippen LogP contribution in [-0.4, -0.2) is 52.9 Å². The van der Waals surface area contributed by atoms with E-state index in [9.17, 15) is 4.79 Å². The monoisotopic (exact) mass is 418 g/mol. The lowest BCUT2D eigenvalue weighted by Gasteiger charge is -2.33. The summed E-state index contributed by atoms with van der Waals surface area (Å²) < 4.78 is 13.1. The molecule has 5 rings (SSSR count). The van der Waals surface area contributed by atoms with Crippen molar-refractivity contribution in [2.75, 3.05) is 31.6 Å². The molecule has 0 saturated carbocycles. The Morgan fingerprint density at radius 3 is 2.81 bits per heavy atom. The first-order valence-electron chi connectivity index (χ1n) is 10.8. The van der Waals surface area contributed by atoms with Gasteiger partial charge >= 0.3 is 0 Å². The van der Waals surface area contributed by atoms with E-state index in [0.717, 1.165) is 42.1 Å². The number of aromatic nitrogens is 2. The number of fused-ring (bicyclic) bond motifs is 1. The van der Waals surface area contributed by atoms with Gasteiger partial charge in [-0.2, -0.15) is 5.10 Å². The number of benzene rings is 2. The highest BCUT2D eigenvalue weighted by molar-refractivity contribution is 5.93. The van der Waals surface area contributed by atoms with Crippen LogP contribution in [0.25, 0.3) is 0 Å². The first kappa shape index (κ1) is 19.5. The van der Waals surface area contributed by atoms with Crippen LogP contribution in [0.3, 0.4) is 0 Å². The maximum atomic E-state index is 13.1. The number of amides is 1. The Balaban J connectivity index is 1.21. The number of hydrogen-bond acceptors (Lipinski definition) is 5. The van der Waals surface area contributed by atoms with E-state index in [1.54, 1.807) is 6.20 Å². The molecule has 7 nitrogen and oxygen atoms in total. The smallest absolute Gasteiger partial charge is 0.257 e. The second-order valence-corrected chi connectivity index (χ2v) is 8.01. The Hall–Kier alpha value is -3.48. The van der Waals surface area contributed by atoms with Crippen molar-refractivity contribution in [3.63, 3.8) is 0 Å². The number of carbonyl (C=O) groups is 1. The highest BCUT2D eigenvalue weighted by atomic mass is 16.6. The van der Waals surface area contributed by atoms with E-state index in [1.807, 2.05) is 52.2 Å². The van der Waals surface area contributed by atoms with Crippen LogP contribution in [0.4, 0.5) is 5.69 Å². The third kappa shape index (κ3) is 4.50. The molecule has 1 fully saturated rings. The number of ether oxygens (including phenoxy) is 2. The second-order valence-electron chi connectivity index (χ2n) is 8.01. The van der Waals surface area contributed by atoms with E-state index >= 15 is 0 Å². The molecule has 2 aliphatic rings. The van der Waals surface area contributed by atoms with Crippen molar-refractivity contribution in [3.8, 4) is 11.5 Å². The van der Waals surface area contributed by atoms with E-state index in [0.29, 0.717) is 31.9 Å². The second kappa shape index (κ2) is 8.71.